The average Bonchev–Trinajstić information content (AvgIpc) is 3.30. The molecule has 8 nitrogen and oxygen atoms in total. The molecule has 2 atom stereocenters. The van der Waals surface area contributed by atoms with Gasteiger partial charge in [0.1, 0.15) is 11.5 Å². The third kappa shape index (κ3) is 3.75. The summed E-state index contributed by atoms with van der Waals surface area (Å²) in [7, 11) is 3.34. The van der Waals surface area contributed by atoms with Gasteiger partial charge in [0.25, 0.3) is 5.91 Å². The average molecular weight is 425 g/mol. The van der Waals surface area contributed by atoms with Gasteiger partial charge >= 0.3 is 0 Å². The van der Waals surface area contributed by atoms with Crippen LogP contribution in [0.15, 0.2) is 42.9 Å². The van der Waals surface area contributed by atoms with Gasteiger partial charge in [-0.05, 0) is 11.6 Å². The molecule has 0 saturated carbocycles. The van der Waals surface area contributed by atoms with Crippen LogP contribution in [-0.2, 0) is 16.0 Å². The Morgan fingerprint density at radius 3 is 2.52 bits per heavy atom. The normalized spacial score (nSPS) is 22.4. The van der Waals surface area contributed by atoms with E-state index in [1.807, 2.05) is 0 Å². The molecule has 0 bridgehead atoms. The second-order valence-corrected chi connectivity index (χ2v) is 8.37. The van der Waals surface area contributed by atoms with Crippen molar-refractivity contribution in [2.24, 2.45) is 11.3 Å². The van der Waals surface area contributed by atoms with Gasteiger partial charge in [-0.1, -0.05) is 18.2 Å². The van der Waals surface area contributed by atoms with Crippen LogP contribution in [-0.4, -0.2) is 82.7 Å². The highest BCUT2D eigenvalue weighted by molar-refractivity contribution is 5.94. The van der Waals surface area contributed by atoms with Gasteiger partial charge in [0.2, 0.25) is 11.8 Å². The number of rotatable bonds is 4. The maximum Gasteiger partial charge on any atom is 0.274 e. The number of benzene rings is 1. The SMILES string of the molecule is CN(C)C(=O)[C@@]12CN(C(=O)Cc3ccccc3F)C[C@@H]1CN(C(=O)c1cnccn1)C2. The summed E-state index contributed by atoms with van der Waals surface area (Å²) in [6, 6.07) is 6.19. The van der Waals surface area contributed by atoms with Gasteiger partial charge in [-0.25, -0.2) is 9.37 Å². The number of amides is 3. The molecule has 2 aliphatic heterocycles. The van der Waals surface area contributed by atoms with Crippen LogP contribution in [0, 0.1) is 17.2 Å². The molecule has 3 amide bonds. The van der Waals surface area contributed by atoms with E-state index in [0.717, 1.165) is 0 Å². The molecule has 2 saturated heterocycles. The molecule has 2 fully saturated rings. The van der Waals surface area contributed by atoms with Crippen LogP contribution >= 0.6 is 0 Å². The zero-order valence-corrected chi connectivity index (χ0v) is 17.5. The number of fused-ring (bicyclic) bond motifs is 1. The zero-order chi connectivity index (χ0) is 22.2. The van der Waals surface area contributed by atoms with E-state index in [1.54, 1.807) is 42.1 Å². The highest BCUT2D eigenvalue weighted by Gasteiger charge is 2.59. The summed E-state index contributed by atoms with van der Waals surface area (Å²) < 4.78 is 14.0. The Balaban J connectivity index is 1.54. The van der Waals surface area contributed by atoms with Crippen molar-refractivity contribution in [2.45, 2.75) is 6.42 Å². The monoisotopic (exact) mass is 425 g/mol. The molecule has 0 unspecified atom stereocenters. The Labute approximate surface area is 179 Å². The van der Waals surface area contributed by atoms with Crippen molar-refractivity contribution in [1.29, 1.82) is 0 Å². The van der Waals surface area contributed by atoms with Crippen molar-refractivity contribution in [3.05, 3.63) is 59.9 Å². The number of hydrogen-bond acceptors (Lipinski definition) is 5. The van der Waals surface area contributed by atoms with Gasteiger partial charge in [0, 0.05) is 58.6 Å². The molecule has 3 heterocycles. The quantitative estimate of drug-likeness (QED) is 0.725. The summed E-state index contributed by atoms with van der Waals surface area (Å²) in [5, 5.41) is 0. The van der Waals surface area contributed by atoms with Crippen molar-refractivity contribution >= 4 is 17.7 Å². The van der Waals surface area contributed by atoms with Crippen molar-refractivity contribution in [3.63, 3.8) is 0 Å². The summed E-state index contributed by atoms with van der Waals surface area (Å²) in [6.45, 7) is 1.09. The Bertz CT molecular complexity index is 1020. The van der Waals surface area contributed by atoms with Gasteiger partial charge in [-0.15, -0.1) is 0 Å². The van der Waals surface area contributed by atoms with E-state index >= 15 is 0 Å². The number of halogens is 1. The lowest BCUT2D eigenvalue weighted by molar-refractivity contribution is -0.140. The van der Waals surface area contributed by atoms with E-state index in [-0.39, 0.29) is 48.8 Å². The molecule has 0 aliphatic carbocycles. The van der Waals surface area contributed by atoms with Crippen LogP contribution in [0.4, 0.5) is 4.39 Å². The minimum atomic E-state index is -0.883. The number of carbonyl (C=O) groups excluding carboxylic acids is 3. The van der Waals surface area contributed by atoms with Crippen LogP contribution in [0.5, 0.6) is 0 Å². The number of likely N-dealkylation sites (tertiary alicyclic amines) is 2. The summed E-state index contributed by atoms with van der Waals surface area (Å²) in [5.74, 6) is -1.24. The molecule has 9 heteroatoms. The second kappa shape index (κ2) is 8.05. The number of aromatic nitrogens is 2. The number of hydrogen-bond donors (Lipinski definition) is 0. The highest BCUT2D eigenvalue weighted by atomic mass is 19.1. The highest BCUT2D eigenvalue weighted by Crippen LogP contribution is 2.44. The molecule has 0 N–H and O–H groups in total. The van der Waals surface area contributed by atoms with E-state index in [1.165, 1.54) is 29.6 Å². The Morgan fingerprint density at radius 2 is 1.84 bits per heavy atom. The minimum Gasteiger partial charge on any atom is -0.348 e. The third-order valence-electron chi connectivity index (χ3n) is 6.16. The molecular formula is C22H24FN5O3. The second-order valence-electron chi connectivity index (χ2n) is 8.37. The first-order chi connectivity index (χ1) is 14.8. The van der Waals surface area contributed by atoms with E-state index in [4.69, 9.17) is 0 Å². The van der Waals surface area contributed by atoms with Crippen molar-refractivity contribution in [2.75, 3.05) is 40.3 Å². The first-order valence-corrected chi connectivity index (χ1v) is 10.1. The molecule has 162 valence electrons. The van der Waals surface area contributed by atoms with Crippen LogP contribution < -0.4 is 0 Å². The molecule has 4 rings (SSSR count). The fourth-order valence-electron chi connectivity index (χ4n) is 4.65. The van der Waals surface area contributed by atoms with Crippen molar-refractivity contribution < 1.29 is 18.8 Å². The molecule has 1 aromatic heterocycles. The first kappa shape index (κ1) is 20.9. The Morgan fingerprint density at radius 1 is 1.13 bits per heavy atom. The van der Waals surface area contributed by atoms with E-state index in [9.17, 15) is 18.8 Å². The van der Waals surface area contributed by atoms with Gasteiger partial charge in [0.15, 0.2) is 0 Å². The lowest BCUT2D eigenvalue weighted by Crippen LogP contribution is -2.48. The minimum absolute atomic E-state index is 0.0616. The first-order valence-electron chi connectivity index (χ1n) is 10.1. The lowest BCUT2D eigenvalue weighted by atomic mass is 9.80. The zero-order valence-electron chi connectivity index (χ0n) is 17.5. The largest absolute Gasteiger partial charge is 0.348 e. The maximum absolute atomic E-state index is 14.0. The van der Waals surface area contributed by atoms with Crippen LogP contribution in [0.25, 0.3) is 0 Å². The molecule has 0 radical (unpaired) electrons. The predicted molar refractivity (Wildman–Crippen MR) is 109 cm³/mol. The molecular weight excluding hydrogens is 401 g/mol. The van der Waals surface area contributed by atoms with Crippen LogP contribution in [0.1, 0.15) is 16.1 Å². The summed E-state index contributed by atoms with van der Waals surface area (Å²) in [5.41, 5.74) is -0.328. The number of carbonyl (C=O) groups is 3. The van der Waals surface area contributed by atoms with Crippen LogP contribution in [0.2, 0.25) is 0 Å². The van der Waals surface area contributed by atoms with E-state index < -0.39 is 11.2 Å². The molecule has 2 aliphatic rings. The Kier molecular flexibility index (Phi) is 5.43. The summed E-state index contributed by atoms with van der Waals surface area (Å²) in [6.07, 6.45) is 4.29. The van der Waals surface area contributed by atoms with Crippen LogP contribution in [0.3, 0.4) is 0 Å². The fourth-order valence-corrected chi connectivity index (χ4v) is 4.65. The molecule has 0 spiro atoms. The predicted octanol–water partition coefficient (Wildman–Crippen LogP) is 0.847. The third-order valence-corrected chi connectivity index (χ3v) is 6.16. The van der Waals surface area contributed by atoms with E-state index in [2.05, 4.69) is 9.97 Å². The smallest absolute Gasteiger partial charge is 0.274 e. The van der Waals surface area contributed by atoms with Gasteiger partial charge in [-0.3, -0.25) is 19.4 Å². The van der Waals surface area contributed by atoms with Gasteiger partial charge < -0.3 is 14.7 Å². The molecule has 2 aromatic rings. The Hall–Kier alpha value is -3.36. The van der Waals surface area contributed by atoms with Gasteiger partial charge in [-0.2, -0.15) is 0 Å². The molecule has 31 heavy (non-hydrogen) atoms. The lowest BCUT2D eigenvalue weighted by Gasteiger charge is -2.30. The van der Waals surface area contributed by atoms with Crippen molar-refractivity contribution in [3.8, 4) is 0 Å². The molecule has 1 aromatic carbocycles. The topological polar surface area (TPSA) is 86.7 Å². The fraction of sp³-hybridized carbons (Fsp3) is 0.409. The summed E-state index contributed by atoms with van der Waals surface area (Å²) >= 11 is 0. The van der Waals surface area contributed by atoms with Crippen molar-refractivity contribution in [1.82, 2.24) is 24.7 Å². The number of nitrogens with zero attached hydrogens (tertiary/aromatic N) is 5. The maximum atomic E-state index is 14.0. The van der Waals surface area contributed by atoms with Gasteiger partial charge in [0.05, 0.1) is 18.0 Å². The standard InChI is InChI=1S/C22H24FN5O3/c1-26(2)21(31)22-13-27(19(29)9-15-5-3-4-6-17(15)23)11-16(22)12-28(14-22)20(30)18-10-24-7-8-25-18/h3-8,10,16H,9,11-14H2,1-2H3/t16-,22-/m1/s1. The summed E-state index contributed by atoms with van der Waals surface area (Å²) in [4.78, 5) is 51.8. The van der Waals surface area contributed by atoms with E-state index in [0.29, 0.717) is 18.7 Å².